The van der Waals surface area contributed by atoms with Crippen LogP contribution < -0.4 is 4.74 Å². The first-order valence-corrected chi connectivity index (χ1v) is 6.57. The van der Waals surface area contributed by atoms with Gasteiger partial charge in [-0.05, 0) is 38.1 Å². The molecule has 16 heavy (non-hydrogen) atoms. The lowest BCUT2D eigenvalue weighted by atomic mass is 10.3. The molecule has 0 spiro atoms. The predicted octanol–water partition coefficient (Wildman–Crippen LogP) is 2.08. The highest BCUT2D eigenvalue weighted by atomic mass is 28.2. The lowest BCUT2D eigenvalue weighted by Gasteiger charge is -2.24. The molecule has 1 rings (SSSR count). The van der Waals surface area contributed by atoms with Crippen molar-refractivity contribution in [3.8, 4) is 5.75 Å². The average Bonchev–Trinajstić information content (AvgIpc) is 2.21. The summed E-state index contributed by atoms with van der Waals surface area (Å²) in [5, 5.41) is -0.142. The molecule has 0 aliphatic rings. The van der Waals surface area contributed by atoms with Crippen molar-refractivity contribution in [3.63, 3.8) is 0 Å². The summed E-state index contributed by atoms with van der Waals surface area (Å²) in [6.07, 6.45) is 1.50. The second-order valence-corrected chi connectivity index (χ2v) is 6.74. The Labute approximate surface area is 97.7 Å². The lowest BCUT2D eigenvalue weighted by Crippen LogP contribution is -2.34. The van der Waals surface area contributed by atoms with Crippen LogP contribution in [0.3, 0.4) is 0 Å². The van der Waals surface area contributed by atoms with E-state index in [0.717, 1.165) is 5.75 Å². The van der Waals surface area contributed by atoms with E-state index in [1.165, 1.54) is 6.08 Å². The summed E-state index contributed by atoms with van der Waals surface area (Å²) in [5.41, 5.74) is 2.55. The summed E-state index contributed by atoms with van der Waals surface area (Å²) >= 11 is 0. The number of isocyanates is 1. The maximum atomic E-state index is 10.0. The van der Waals surface area contributed by atoms with Gasteiger partial charge in [-0.3, -0.25) is 0 Å². The van der Waals surface area contributed by atoms with Gasteiger partial charge in [0.2, 0.25) is 6.08 Å². The maximum absolute atomic E-state index is 10.0. The Morgan fingerprint density at radius 3 is 2.56 bits per heavy atom. The number of rotatable bonds is 5. The van der Waals surface area contributed by atoms with Crippen LogP contribution in [0.4, 0.5) is 5.69 Å². The van der Waals surface area contributed by atoms with Crippen LogP contribution >= 0.6 is 0 Å². The molecular formula is C12H15NO2Si. The number of hydrogen-bond acceptors (Lipinski definition) is 3. The fourth-order valence-electron chi connectivity index (χ4n) is 1.35. The predicted molar refractivity (Wildman–Crippen MR) is 67.7 cm³/mol. The number of nitrogens with zero attached hydrogens (tertiary/aromatic N) is 1. The molecule has 0 fully saturated rings. The second kappa shape index (κ2) is 5.44. The smallest absolute Gasteiger partial charge is 0.240 e. The van der Waals surface area contributed by atoms with Crippen molar-refractivity contribution >= 4 is 21.3 Å². The molecule has 1 aromatic rings. The maximum Gasteiger partial charge on any atom is 0.240 e. The third kappa shape index (κ3) is 3.85. The summed E-state index contributed by atoms with van der Waals surface area (Å²) in [6, 6.07) is 7.06. The minimum atomic E-state index is -0.458. The fourth-order valence-corrected chi connectivity index (χ4v) is 2.29. The molecule has 0 aromatic heterocycles. The highest BCUT2D eigenvalue weighted by molar-refractivity contribution is 6.45. The van der Waals surface area contributed by atoms with E-state index in [1.807, 2.05) is 5.70 Å². The van der Waals surface area contributed by atoms with Gasteiger partial charge < -0.3 is 4.74 Å². The van der Waals surface area contributed by atoms with Gasteiger partial charge in [-0.1, -0.05) is 0 Å². The topological polar surface area (TPSA) is 38.7 Å². The minimum Gasteiger partial charge on any atom is -0.492 e. The number of carbonyl (C=O) groups excluding carboxylic acids is 1. The van der Waals surface area contributed by atoms with Crippen LogP contribution in [0.2, 0.25) is 0 Å². The molecule has 0 saturated heterocycles. The van der Waals surface area contributed by atoms with Crippen LogP contribution in [0.15, 0.2) is 41.5 Å². The molecule has 0 atom stereocenters. The highest BCUT2D eigenvalue weighted by Crippen LogP contribution is 2.21. The molecule has 1 aromatic carbocycles. The molecule has 0 N–H and O–H groups in total. The molecule has 4 heteroatoms. The first kappa shape index (κ1) is 12.4. The van der Waals surface area contributed by atoms with Crippen molar-refractivity contribution in [2.75, 3.05) is 0 Å². The minimum absolute atomic E-state index is 0.142. The van der Waals surface area contributed by atoms with Crippen molar-refractivity contribution in [1.82, 2.24) is 0 Å². The molecule has 0 aliphatic carbocycles. The van der Waals surface area contributed by atoms with E-state index in [2.05, 4.69) is 25.4 Å². The Kier molecular flexibility index (Phi) is 4.23. The van der Waals surface area contributed by atoms with E-state index >= 15 is 0 Å². The summed E-state index contributed by atoms with van der Waals surface area (Å²) in [4.78, 5) is 13.6. The molecular weight excluding hydrogens is 218 g/mol. The zero-order chi connectivity index (χ0) is 12.0. The van der Waals surface area contributed by atoms with Gasteiger partial charge in [0.15, 0.2) is 0 Å². The van der Waals surface area contributed by atoms with Crippen molar-refractivity contribution in [2.45, 2.75) is 19.1 Å². The Hall–Kier alpha value is -1.64. The Bertz CT molecular complexity index is 406. The summed E-state index contributed by atoms with van der Waals surface area (Å²) in [7, 11) is -0.458. The number of aliphatic imine (C=N–C) groups is 1. The Balaban J connectivity index is 2.75. The number of ether oxygens (including phenoxy) is 1. The molecule has 0 bridgehead atoms. The molecule has 3 nitrogen and oxygen atoms in total. The zero-order valence-electron chi connectivity index (χ0n) is 9.56. The van der Waals surface area contributed by atoms with Gasteiger partial charge in [0, 0.05) is 0 Å². The van der Waals surface area contributed by atoms with E-state index in [1.54, 1.807) is 24.3 Å². The van der Waals surface area contributed by atoms with Crippen LogP contribution in [0.5, 0.6) is 5.75 Å². The summed E-state index contributed by atoms with van der Waals surface area (Å²) in [6.45, 7) is 7.86. The second-order valence-electron chi connectivity index (χ2n) is 4.05. The summed E-state index contributed by atoms with van der Waals surface area (Å²) in [5.74, 6) is 0.782. The molecule has 0 saturated carbocycles. The third-order valence-corrected chi connectivity index (χ3v) is 3.46. The first-order valence-electron chi connectivity index (χ1n) is 5.05. The van der Waals surface area contributed by atoms with Crippen LogP contribution in [0.25, 0.3) is 0 Å². The number of benzene rings is 1. The van der Waals surface area contributed by atoms with Crippen LogP contribution in [0.1, 0.15) is 13.8 Å². The van der Waals surface area contributed by atoms with Crippen molar-refractivity contribution in [1.29, 1.82) is 0 Å². The average molecular weight is 233 g/mol. The van der Waals surface area contributed by atoms with Gasteiger partial charge in [-0.2, -0.15) is 4.99 Å². The van der Waals surface area contributed by atoms with Gasteiger partial charge >= 0.3 is 0 Å². The van der Waals surface area contributed by atoms with E-state index in [9.17, 15) is 4.79 Å². The normalized spacial score (nSPS) is 11.1. The third-order valence-electron chi connectivity index (χ3n) is 2.04. The van der Waals surface area contributed by atoms with Gasteiger partial charge in [0.1, 0.15) is 5.75 Å². The van der Waals surface area contributed by atoms with E-state index in [-0.39, 0.29) is 5.22 Å². The molecule has 0 amide bonds. The highest BCUT2D eigenvalue weighted by Gasteiger charge is 2.17. The first-order chi connectivity index (χ1) is 7.57. The van der Waals surface area contributed by atoms with Crippen molar-refractivity contribution in [3.05, 3.63) is 36.5 Å². The molecule has 0 heterocycles. The largest absolute Gasteiger partial charge is 0.492 e. The van der Waals surface area contributed by atoms with Gasteiger partial charge in [-0.15, -0.1) is 12.3 Å². The number of hydrogen-bond donors (Lipinski definition) is 0. The van der Waals surface area contributed by atoms with Crippen LogP contribution in [-0.4, -0.2) is 20.8 Å². The molecule has 0 unspecified atom stereocenters. The molecule has 84 valence electrons. The standard InChI is InChI=1S/C12H15NO2Si/c1-4-16-12(2,3)15-11-7-5-10(6-8-11)13-9-14/h4-8H,1,16H2,2-3H3. The SMILES string of the molecule is C=C[SiH2]C(C)(C)Oc1ccc(N=C=O)cc1. The summed E-state index contributed by atoms with van der Waals surface area (Å²) < 4.78 is 5.83. The van der Waals surface area contributed by atoms with Gasteiger partial charge in [0.25, 0.3) is 0 Å². The molecule has 0 aliphatic heterocycles. The monoisotopic (exact) mass is 233 g/mol. The van der Waals surface area contributed by atoms with Crippen LogP contribution in [-0.2, 0) is 4.79 Å². The zero-order valence-corrected chi connectivity index (χ0v) is 11.0. The van der Waals surface area contributed by atoms with Gasteiger partial charge in [-0.25, -0.2) is 4.79 Å². The van der Waals surface area contributed by atoms with E-state index in [4.69, 9.17) is 4.74 Å². The van der Waals surface area contributed by atoms with Crippen molar-refractivity contribution < 1.29 is 9.53 Å². The Morgan fingerprint density at radius 1 is 1.44 bits per heavy atom. The van der Waals surface area contributed by atoms with Gasteiger partial charge in [0.05, 0.1) is 20.4 Å². The Morgan fingerprint density at radius 2 is 2.06 bits per heavy atom. The molecule has 0 radical (unpaired) electrons. The fraction of sp³-hybridized carbons (Fsp3) is 0.250. The van der Waals surface area contributed by atoms with Crippen LogP contribution in [0, 0.1) is 0 Å². The van der Waals surface area contributed by atoms with Crippen molar-refractivity contribution in [2.24, 2.45) is 4.99 Å². The quantitative estimate of drug-likeness (QED) is 0.444. The lowest BCUT2D eigenvalue weighted by molar-refractivity contribution is 0.195. The van der Waals surface area contributed by atoms with E-state index < -0.39 is 9.52 Å². The van der Waals surface area contributed by atoms with E-state index in [0.29, 0.717) is 5.69 Å².